The van der Waals surface area contributed by atoms with Crippen LogP contribution in [0.4, 0.5) is 5.69 Å². The predicted octanol–water partition coefficient (Wildman–Crippen LogP) is 2.87. The van der Waals surface area contributed by atoms with Crippen molar-refractivity contribution in [3.63, 3.8) is 0 Å². The van der Waals surface area contributed by atoms with Gasteiger partial charge in [0, 0.05) is 25.2 Å². The molecule has 1 N–H and O–H groups in total. The van der Waals surface area contributed by atoms with E-state index < -0.39 is 0 Å². The molecule has 1 aromatic carbocycles. The monoisotopic (exact) mass is 234 g/mol. The lowest BCUT2D eigenvalue weighted by Crippen LogP contribution is -2.23. The Morgan fingerprint density at radius 3 is 2.82 bits per heavy atom. The van der Waals surface area contributed by atoms with Gasteiger partial charge < -0.3 is 5.32 Å². The molecule has 0 spiro atoms. The molecule has 0 atom stereocenters. The van der Waals surface area contributed by atoms with Gasteiger partial charge in [-0.2, -0.15) is 0 Å². The Bertz CT molecular complexity index is 414. The zero-order valence-electron chi connectivity index (χ0n) is 10.1. The molecule has 0 saturated heterocycles. The van der Waals surface area contributed by atoms with Crippen molar-refractivity contribution in [2.75, 3.05) is 6.54 Å². The predicted molar refractivity (Wildman–Crippen MR) is 66.8 cm³/mol. The molecule has 0 aromatic heterocycles. The van der Waals surface area contributed by atoms with E-state index in [0.29, 0.717) is 12.0 Å². The van der Waals surface area contributed by atoms with Gasteiger partial charge in [0.05, 0.1) is 4.92 Å². The largest absolute Gasteiger partial charge is 0.312 e. The van der Waals surface area contributed by atoms with Gasteiger partial charge in [-0.05, 0) is 30.2 Å². The van der Waals surface area contributed by atoms with Crippen LogP contribution in [0.25, 0.3) is 0 Å². The summed E-state index contributed by atoms with van der Waals surface area (Å²) in [6.07, 6.45) is 3.84. The van der Waals surface area contributed by atoms with Crippen molar-refractivity contribution in [1.29, 1.82) is 0 Å². The van der Waals surface area contributed by atoms with Crippen LogP contribution in [-0.2, 0) is 6.54 Å². The Balaban J connectivity index is 1.86. The summed E-state index contributed by atoms with van der Waals surface area (Å²) in [5, 5.41) is 14.0. The minimum atomic E-state index is -0.349. The third kappa shape index (κ3) is 3.03. The van der Waals surface area contributed by atoms with E-state index >= 15 is 0 Å². The minimum Gasteiger partial charge on any atom is -0.312 e. The molecule has 0 unspecified atom stereocenters. The fourth-order valence-electron chi connectivity index (χ4n) is 2.08. The third-order valence-electron chi connectivity index (χ3n) is 3.66. The average Bonchev–Trinajstić information content (AvgIpc) is 3.10. The molecular weight excluding hydrogens is 216 g/mol. The number of hydrogen-bond donors (Lipinski definition) is 1. The molecule has 0 radical (unpaired) electrons. The maximum atomic E-state index is 10.6. The number of nitro benzene ring substituents is 1. The standard InChI is InChI=1S/C13H18N2O2/c1-2-13(6-7-13)10-14-9-11-4-3-5-12(8-11)15(16)17/h3-5,8,14H,2,6-7,9-10H2,1H3. The van der Waals surface area contributed by atoms with Gasteiger partial charge in [-0.15, -0.1) is 0 Å². The van der Waals surface area contributed by atoms with Crippen LogP contribution in [0, 0.1) is 15.5 Å². The molecule has 1 aliphatic carbocycles. The van der Waals surface area contributed by atoms with Crippen LogP contribution in [0.1, 0.15) is 31.7 Å². The zero-order chi connectivity index (χ0) is 12.3. The molecule has 4 nitrogen and oxygen atoms in total. The highest BCUT2D eigenvalue weighted by molar-refractivity contribution is 5.34. The number of non-ortho nitro benzene ring substituents is 1. The highest BCUT2D eigenvalue weighted by Crippen LogP contribution is 2.47. The molecule has 17 heavy (non-hydrogen) atoms. The number of nitrogens with zero attached hydrogens (tertiary/aromatic N) is 1. The van der Waals surface area contributed by atoms with Crippen LogP contribution in [0.2, 0.25) is 0 Å². The lowest BCUT2D eigenvalue weighted by molar-refractivity contribution is -0.384. The molecule has 1 aromatic rings. The van der Waals surface area contributed by atoms with Crippen molar-refractivity contribution in [3.8, 4) is 0 Å². The Kier molecular flexibility index (Phi) is 3.43. The lowest BCUT2D eigenvalue weighted by Gasteiger charge is -2.13. The summed E-state index contributed by atoms with van der Waals surface area (Å²) in [6, 6.07) is 6.82. The third-order valence-corrected chi connectivity index (χ3v) is 3.66. The Hall–Kier alpha value is -1.42. The first-order valence-electron chi connectivity index (χ1n) is 6.09. The molecule has 4 heteroatoms. The quantitative estimate of drug-likeness (QED) is 0.608. The molecule has 0 heterocycles. The molecule has 1 aliphatic rings. The second kappa shape index (κ2) is 4.84. The van der Waals surface area contributed by atoms with E-state index in [2.05, 4.69) is 12.2 Å². The van der Waals surface area contributed by atoms with E-state index in [1.54, 1.807) is 12.1 Å². The van der Waals surface area contributed by atoms with Crippen molar-refractivity contribution in [1.82, 2.24) is 5.32 Å². The highest BCUT2D eigenvalue weighted by Gasteiger charge is 2.39. The van der Waals surface area contributed by atoms with E-state index in [0.717, 1.165) is 12.1 Å². The summed E-state index contributed by atoms with van der Waals surface area (Å²) in [4.78, 5) is 10.3. The second-order valence-electron chi connectivity index (χ2n) is 4.88. The van der Waals surface area contributed by atoms with Crippen LogP contribution >= 0.6 is 0 Å². The molecule has 1 saturated carbocycles. The van der Waals surface area contributed by atoms with Crippen molar-refractivity contribution < 1.29 is 4.92 Å². The second-order valence-corrected chi connectivity index (χ2v) is 4.88. The van der Waals surface area contributed by atoms with Gasteiger partial charge in [-0.25, -0.2) is 0 Å². The van der Waals surface area contributed by atoms with Gasteiger partial charge in [0.25, 0.3) is 5.69 Å². The number of rotatable bonds is 6. The number of nitrogens with one attached hydrogen (secondary N) is 1. The molecule has 0 amide bonds. The summed E-state index contributed by atoms with van der Waals surface area (Å²) in [7, 11) is 0. The molecule has 0 aliphatic heterocycles. The minimum absolute atomic E-state index is 0.168. The van der Waals surface area contributed by atoms with Gasteiger partial charge >= 0.3 is 0 Å². The van der Waals surface area contributed by atoms with Crippen molar-refractivity contribution >= 4 is 5.69 Å². The first-order chi connectivity index (χ1) is 8.15. The van der Waals surface area contributed by atoms with Crippen molar-refractivity contribution in [3.05, 3.63) is 39.9 Å². The number of benzene rings is 1. The summed E-state index contributed by atoms with van der Waals surface area (Å²) < 4.78 is 0. The number of hydrogen-bond acceptors (Lipinski definition) is 3. The lowest BCUT2D eigenvalue weighted by atomic mass is 10.0. The first kappa shape index (κ1) is 12.0. The van der Waals surface area contributed by atoms with E-state index in [1.807, 2.05) is 6.07 Å². The number of nitro groups is 1. The summed E-state index contributed by atoms with van der Waals surface area (Å²) >= 11 is 0. The summed E-state index contributed by atoms with van der Waals surface area (Å²) in [6.45, 7) is 3.96. The van der Waals surface area contributed by atoms with Crippen molar-refractivity contribution in [2.24, 2.45) is 5.41 Å². The topological polar surface area (TPSA) is 55.2 Å². The maximum absolute atomic E-state index is 10.6. The van der Waals surface area contributed by atoms with Crippen LogP contribution < -0.4 is 5.32 Å². The normalized spacial score (nSPS) is 16.8. The smallest absolute Gasteiger partial charge is 0.269 e. The zero-order valence-corrected chi connectivity index (χ0v) is 10.1. The van der Waals surface area contributed by atoms with Crippen LogP contribution in [0.3, 0.4) is 0 Å². The first-order valence-corrected chi connectivity index (χ1v) is 6.09. The summed E-state index contributed by atoms with van der Waals surface area (Å²) in [5.74, 6) is 0. The van der Waals surface area contributed by atoms with E-state index in [1.165, 1.54) is 25.3 Å². The van der Waals surface area contributed by atoms with Gasteiger partial charge in [0.2, 0.25) is 0 Å². The van der Waals surface area contributed by atoms with Crippen molar-refractivity contribution in [2.45, 2.75) is 32.7 Å². The Morgan fingerprint density at radius 2 is 2.24 bits per heavy atom. The molecular formula is C13H18N2O2. The molecule has 0 bridgehead atoms. The molecule has 92 valence electrons. The van der Waals surface area contributed by atoms with E-state index in [-0.39, 0.29) is 10.6 Å². The van der Waals surface area contributed by atoms with Gasteiger partial charge in [0.15, 0.2) is 0 Å². The van der Waals surface area contributed by atoms with Gasteiger partial charge in [-0.1, -0.05) is 19.1 Å². The van der Waals surface area contributed by atoms with Gasteiger partial charge in [0.1, 0.15) is 0 Å². The Morgan fingerprint density at radius 1 is 1.47 bits per heavy atom. The van der Waals surface area contributed by atoms with Crippen LogP contribution in [-0.4, -0.2) is 11.5 Å². The van der Waals surface area contributed by atoms with E-state index in [9.17, 15) is 10.1 Å². The fraction of sp³-hybridized carbons (Fsp3) is 0.538. The SMILES string of the molecule is CCC1(CNCc2cccc([N+](=O)[O-])c2)CC1. The van der Waals surface area contributed by atoms with Gasteiger partial charge in [-0.3, -0.25) is 10.1 Å². The fourth-order valence-corrected chi connectivity index (χ4v) is 2.08. The maximum Gasteiger partial charge on any atom is 0.269 e. The molecule has 1 fully saturated rings. The average molecular weight is 234 g/mol. The highest BCUT2D eigenvalue weighted by atomic mass is 16.6. The summed E-state index contributed by atoms with van der Waals surface area (Å²) in [5.41, 5.74) is 1.66. The van der Waals surface area contributed by atoms with Crippen LogP contribution in [0.5, 0.6) is 0 Å². The van der Waals surface area contributed by atoms with Crippen LogP contribution in [0.15, 0.2) is 24.3 Å². The molecule has 2 rings (SSSR count). The Labute approximate surface area is 101 Å². The van der Waals surface area contributed by atoms with E-state index in [4.69, 9.17) is 0 Å².